The molecule has 0 bridgehead atoms. The smallest absolute Gasteiger partial charge is 0.366 e. The molecule has 0 radical (unpaired) electrons. The fraction of sp³-hybridized carbons (Fsp3) is 0.125. The van der Waals surface area contributed by atoms with E-state index in [-0.39, 0.29) is 5.69 Å². The van der Waals surface area contributed by atoms with E-state index in [1.165, 1.54) is 12.1 Å². The molecular weight excluding hydrogens is 309 g/mol. The molecule has 0 aliphatic carbocycles. The Morgan fingerprint density at radius 2 is 1.61 bits per heavy atom. The molecule has 0 heterocycles. The molecule has 0 spiro atoms. The van der Waals surface area contributed by atoms with Gasteiger partial charge in [-0.15, -0.1) is 0 Å². The lowest BCUT2D eigenvalue weighted by Crippen LogP contribution is -2.21. The standard InChI is InChI=1S/C16H13F3N2O2/c17-16(18,19)9-14(22)21-11-7-5-10(6-8-11)12-3-1-2-4-13(12)15(20)23/h1-8H,9H2,(H2,20,23)(H,21,22). The second kappa shape index (κ2) is 6.51. The van der Waals surface area contributed by atoms with Crippen molar-refractivity contribution in [3.8, 4) is 11.1 Å². The fourth-order valence-electron chi connectivity index (χ4n) is 2.07. The molecule has 0 aliphatic rings. The van der Waals surface area contributed by atoms with Crippen molar-refractivity contribution in [1.82, 2.24) is 0 Å². The molecule has 2 rings (SSSR count). The normalized spacial score (nSPS) is 11.1. The van der Waals surface area contributed by atoms with Crippen molar-refractivity contribution < 1.29 is 22.8 Å². The van der Waals surface area contributed by atoms with Gasteiger partial charge in [-0.05, 0) is 29.3 Å². The predicted octanol–water partition coefficient (Wildman–Crippen LogP) is 3.34. The van der Waals surface area contributed by atoms with Crippen LogP contribution in [0.15, 0.2) is 48.5 Å². The van der Waals surface area contributed by atoms with Crippen LogP contribution in [0.5, 0.6) is 0 Å². The minimum Gasteiger partial charge on any atom is -0.366 e. The van der Waals surface area contributed by atoms with Gasteiger partial charge in [-0.3, -0.25) is 9.59 Å². The number of carbonyl (C=O) groups excluding carboxylic acids is 2. The summed E-state index contributed by atoms with van der Waals surface area (Å²) < 4.78 is 36.3. The molecule has 4 nitrogen and oxygen atoms in total. The van der Waals surface area contributed by atoms with E-state index in [1.807, 2.05) is 0 Å². The lowest BCUT2D eigenvalue weighted by atomic mass is 9.99. The van der Waals surface area contributed by atoms with Crippen LogP contribution in [-0.4, -0.2) is 18.0 Å². The highest BCUT2D eigenvalue weighted by Gasteiger charge is 2.31. The highest BCUT2D eigenvalue weighted by molar-refractivity contribution is 6.00. The number of amides is 2. The van der Waals surface area contributed by atoms with Crippen molar-refractivity contribution in [3.63, 3.8) is 0 Å². The third-order valence-electron chi connectivity index (χ3n) is 3.03. The van der Waals surface area contributed by atoms with E-state index in [2.05, 4.69) is 5.32 Å². The number of primary amides is 1. The fourth-order valence-corrected chi connectivity index (χ4v) is 2.07. The predicted molar refractivity (Wildman–Crippen MR) is 79.7 cm³/mol. The molecule has 3 N–H and O–H groups in total. The first kappa shape index (κ1) is 16.5. The average Bonchev–Trinajstić information content (AvgIpc) is 2.46. The topological polar surface area (TPSA) is 72.2 Å². The van der Waals surface area contributed by atoms with Crippen LogP contribution in [-0.2, 0) is 4.79 Å². The monoisotopic (exact) mass is 322 g/mol. The maximum Gasteiger partial charge on any atom is 0.397 e. The van der Waals surface area contributed by atoms with Crippen molar-refractivity contribution in [2.45, 2.75) is 12.6 Å². The van der Waals surface area contributed by atoms with E-state index in [1.54, 1.807) is 36.4 Å². The van der Waals surface area contributed by atoms with Crippen LogP contribution in [0, 0.1) is 0 Å². The molecule has 0 saturated heterocycles. The molecule has 0 aliphatic heterocycles. The summed E-state index contributed by atoms with van der Waals surface area (Å²) in [5.41, 5.74) is 7.14. The summed E-state index contributed by atoms with van der Waals surface area (Å²) in [7, 11) is 0. The molecule has 7 heteroatoms. The van der Waals surface area contributed by atoms with Gasteiger partial charge >= 0.3 is 6.18 Å². The minimum atomic E-state index is -4.55. The van der Waals surface area contributed by atoms with Gasteiger partial charge in [0.1, 0.15) is 6.42 Å². The summed E-state index contributed by atoms with van der Waals surface area (Å²) in [6.07, 6.45) is -6.09. The van der Waals surface area contributed by atoms with Gasteiger partial charge in [-0.25, -0.2) is 0 Å². The number of anilines is 1. The molecule has 2 amide bonds. The van der Waals surface area contributed by atoms with Crippen molar-refractivity contribution in [2.24, 2.45) is 5.73 Å². The number of alkyl halides is 3. The Morgan fingerprint density at radius 1 is 1.00 bits per heavy atom. The first-order valence-corrected chi connectivity index (χ1v) is 6.62. The maximum atomic E-state index is 12.1. The number of nitrogens with two attached hydrogens (primary N) is 1. The third-order valence-corrected chi connectivity index (χ3v) is 3.03. The summed E-state index contributed by atoms with van der Waals surface area (Å²) >= 11 is 0. The lowest BCUT2D eigenvalue weighted by Gasteiger charge is -2.10. The number of benzene rings is 2. The first-order valence-electron chi connectivity index (χ1n) is 6.62. The van der Waals surface area contributed by atoms with Crippen molar-refractivity contribution in [3.05, 3.63) is 54.1 Å². The first-order chi connectivity index (χ1) is 10.8. The molecular formula is C16H13F3N2O2. The molecule has 120 valence electrons. The van der Waals surface area contributed by atoms with E-state index in [4.69, 9.17) is 5.73 Å². The summed E-state index contributed by atoms with van der Waals surface area (Å²) in [5, 5.41) is 2.16. The van der Waals surface area contributed by atoms with Gasteiger partial charge in [0.25, 0.3) is 0 Å². The van der Waals surface area contributed by atoms with Crippen LogP contribution in [0.4, 0.5) is 18.9 Å². The number of carbonyl (C=O) groups is 2. The van der Waals surface area contributed by atoms with Crippen LogP contribution < -0.4 is 11.1 Å². The number of rotatable bonds is 4. The average molecular weight is 322 g/mol. The van der Waals surface area contributed by atoms with Gasteiger partial charge in [0.15, 0.2) is 0 Å². The molecule has 23 heavy (non-hydrogen) atoms. The van der Waals surface area contributed by atoms with Crippen LogP contribution in [0.25, 0.3) is 11.1 Å². The molecule has 0 atom stereocenters. The summed E-state index contributed by atoms with van der Waals surface area (Å²) in [6.45, 7) is 0. The lowest BCUT2D eigenvalue weighted by molar-refractivity contribution is -0.150. The Kier molecular flexibility index (Phi) is 4.68. The molecule has 0 aromatic heterocycles. The van der Waals surface area contributed by atoms with Gasteiger partial charge < -0.3 is 11.1 Å². The Morgan fingerprint density at radius 3 is 2.17 bits per heavy atom. The van der Waals surface area contributed by atoms with Crippen molar-refractivity contribution in [1.29, 1.82) is 0 Å². The minimum absolute atomic E-state index is 0.236. The second-order valence-electron chi connectivity index (χ2n) is 4.83. The van der Waals surface area contributed by atoms with E-state index in [0.717, 1.165) is 0 Å². The van der Waals surface area contributed by atoms with Crippen LogP contribution >= 0.6 is 0 Å². The molecule has 0 unspecified atom stereocenters. The third kappa shape index (κ3) is 4.57. The van der Waals surface area contributed by atoms with Gasteiger partial charge in [-0.2, -0.15) is 13.2 Å². The van der Waals surface area contributed by atoms with Gasteiger partial charge in [-0.1, -0.05) is 30.3 Å². The molecule has 0 saturated carbocycles. The van der Waals surface area contributed by atoms with E-state index in [0.29, 0.717) is 16.7 Å². The number of nitrogens with one attached hydrogen (secondary N) is 1. The number of halogens is 3. The molecule has 0 fully saturated rings. The summed E-state index contributed by atoms with van der Waals surface area (Å²) in [5.74, 6) is -1.72. The second-order valence-corrected chi connectivity index (χ2v) is 4.83. The highest BCUT2D eigenvalue weighted by Crippen LogP contribution is 2.25. The van der Waals surface area contributed by atoms with Crippen molar-refractivity contribution >= 4 is 17.5 Å². The molecule has 2 aromatic rings. The Balaban J connectivity index is 2.18. The molecule has 2 aromatic carbocycles. The van der Waals surface area contributed by atoms with Gasteiger partial charge in [0, 0.05) is 11.3 Å². The van der Waals surface area contributed by atoms with Crippen LogP contribution in [0.1, 0.15) is 16.8 Å². The highest BCUT2D eigenvalue weighted by atomic mass is 19.4. The number of hydrogen-bond donors (Lipinski definition) is 2. The Bertz CT molecular complexity index is 725. The Hall–Kier alpha value is -2.83. The Labute approximate surface area is 130 Å². The van der Waals surface area contributed by atoms with E-state index >= 15 is 0 Å². The zero-order valence-electron chi connectivity index (χ0n) is 11.9. The van der Waals surface area contributed by atoms with Crippen LogP contribution in [0.2, 0.25) is 0 Å². The van der Waals surface area contributed by atoms with Crippen LogP contribution in [0.3, 0.4) is 0 Å². The largest absolute Gasteiger partial charge is 0.397 e. The zero-order valence-corrected chi connectivity index (χ0v) is 11.9. The quantitative estimate of drug-likeness (QED) is 0.906. The van der Waals surface area contributed by atoms with Gasteiger partial charge in [0.2, 0.25) is 11.8 Å². The van der Waals surface area contributed by atoms with E-state index < -0.39 is 24.4 Å². The summed E-state index contributed by atoms with van der Waals surface area (Å²) in [4.78, 5) is 22.6. The summed E-state index contributed by atoms with van der Waals surface area (Å²) in [6, 6.07) is 12.8. The van der Waals surface area contributed by atoms with E-state index in [9.17, 15) is 22.8 Å². The zero-order chi connectivity index (χ0) is 17.0. The SMILES string of the molecule is NC(=O)c1ccccc1-c1ccc(NC(=O)CC(F)(F)F)cc1. The van der Waals surface area contributed by atoms with Gasteiger partial charge in [0.05, 0.1) is 0 Å². The number of hydrogen-bond acceptors (Lipinski definition) is 2. The maximum absolute atomic E-state index is 12.1. The van der Waals surface area contributed by atoms with Crippen molar-refractivity contribution in [2.75, 3.05) is 5.32 Å².